The first-order chi connectivity index (χ1) is 17.1. The van der Waals surface area contributed by atoms with Gasteiger partial charge in [-0.3, -0.25) is 0 Å². The lowest BCUT2D eigenvalue weighted by atomic mass is 9.80. The minimum Gasteiger partial charge on any atom is -0.354 e. The van der Waals surface area contributed by atoms with E-state index in [2.05, 4.69) is 156 Å². The Labute approximate surface area is 233 Å². The number of anilines is 4. The van der Waals surface area contributed by atoms with Gasteiger partial charge in [-0.15, -0.1) is 0 Å². The van der Waals surface area contributed by atoms with Crippen molar-refractivity contribution in [2.75, 3.05) is 10.6 Å². The Morgan fingerprint density at radius 1 is 0.368 bits per heavy atom. The Balaban J connectivity index is 2.14. The van der Waals surface area contributed by atoms with E-state index in [0.29, 0.717) is 0 Å². The van der Waals surface area contributed by atoms with Crippen molar-refractivity contribution in [2.45, 2.75) is 119 Å². The lowest BCUT2D eigenvalue weighted by Gasteiger charge is -2.28. The second kappa shape index (κ2) is 10.1. The molecule has 3 rings (SSSR count). The van der Waals surface area contributed by atoms with Crippen LogP contribution in [0.5, 0.6) is 0 Å². The third-order valence-corrected chi connectivity index (χ3v) is 7.52. The van der Waals surface area contributed by atoms with E-state index >= 15 is 0 Å². The standard InChI is InChI=1S/C36H52N2/c1-23-15-31(37-29-19-25(33(3,4)5)17-26(20-29)34(6,7)8)32(16-24(23)2)38-30-21-27(35(9,10)11)18-28(22-30)36(12,13)14/h15-22,37-38H,1-14H3. The monoisotopic (exact) mass is 512 g/mol. The van der Waals surface area contributed by atoms with Gasteiger partial charge in [-0.25, -0.2) is 0 Å². The third-order valence-electron chi connectivity index (χ3n) is 7.52. The van der Waals surface area contributed by atoms with E-state index in [-0.39, 0.29) is 21.7 Å². The molecule has 3 aromatic rings. The molecule has 0 amide bonds. The maximum atomic E-state index is 3.81. The lowest BCUT2D eigenvalue weighted by molar-refractivity contribution is 0.568. The van der Waals surface area contributed by atoms with Gasteiger partial charge in [-0.05, 0) is 105 Å². The molecule has 38 heavy (non-hydrogen) atoms. The van der Waals surface area contributed by atoms with Crippen molar-refractivity contribution in [3.63, 3.8) is 0 Å². The van der Waals surface area contributed by atoms with Gasteiger partial charge in [0.05, 0.1) is 11.4 Å². The zero-order chi connectivity index (χ0) is 28.8. The van der Waals surface area contributed by atoms with E-state index in [1.165, 1.54) is 33.4 Å². The first kappa shape index (κ1) is 29.8. The van der Waals surface area contributed by atoms with Crippen LogP contribution in [0.15, 0.2) is 48.5 Å². The Hall–Kier alpha value is -2.74. The minimum absolute atomic E-state index is 0.0682. The summed E-state index contributed by atoms with van der Waals surface area (Å²) in [5, 5.41) is 7.63. The van der Waals surface area contributed by atoms with Crippen molar-refractivity contribution in [1.82, 2.24) is 0 Å². The molecule has 0 aliphatic carbocycles. The summed E-state index contributed by atoms with van der Waals surface area (Å²) in [4.78, 5) is 0. The zero-order valence-electron chi connectivity index (χ0n) is 26.6. The fourth-order valence-electron chi connectivity index (χ4n) is 4.47. The average molecular weight is 513 g/mol. The van der Waals surface area contributed by atoms with E-state index in [1.54, 1.807) is 0 Å². The molecule has 0 aliphatic rings. The highest BCUT2D eigenvalue weighted by atomic mass is 15.0. The summed E-state index contributed by atoms with van der Waals surface area (Å²) >= 11 is 0. The van der Waals surface area contributed by atoms with Gasteiger partial charge in [-0.1, -0.05) is 95.2 Å². The average Bonchev–Trinajstić information content (AvgIpc) is 2.74. The second-order valence-electron chi connectivity index (χ2n) is 15.3. The van der Waals surface area contributed by atoms with Crippen molar-refractivity contribution in [1.29, 1.82) is 0 Å². The number of aryl methyl sites for hydroxylation is 2. The molecule has 0 saturated carbocycles. The Bertz CT molecular complexity index is 1130. The molecule has 0 aromatic heterocycles. The SMILES string of the molecule is Cc1cc(Nc2cc(C(C)(C)C)cc(C(C)(C)C)c2)c(Nc2cc(C(C)(C)C)cc(C(C)(C)C)c2)cc1C. The van der Waals surface area contributed by atoms with Gasteiger partial charge in [0.1, 0.15) is 0 Å². The van der Waals surface area contributed by atoms with Gasteiger partial charge < -0.3 is 10.6 Å². The van der Waals surface area contributed by atoms with Gasteiger partial charge >= 0.3 is 0 Å². The van der Waals surface area contributed by atoms with E-state index in [1.807, 2.05) is 0 Å². The van der Waals surface area contributed by atoms with E-state index < -0.39 is 0 Å². The molecular weight excluding hydrogens is 460 g/mol. The summed E-state index contributed by atoms with van der Waals surface area (Å²) in [6.07, 6.45) is 0. The maximum absolute atomic E-state index is 3.81. The van der Waals surface area contributed by atoms with Gasteiger partial charge in [0.25, 0.3) is 0 Å². The second-order valence-corrected chi connectivity index (χ2v) is 15.3. The summed E-state index contributed by atoms with van der Waals surface area (Å²) < 4.78 is 0. The molecule has 206 valence electrons. The van der Waals surface area contributed by atoms with E-state index in [0.717, 1.165) is 22.7 Å². The highest BCUT2D eigenvalue weighted by Gasteiger charge is 2.23. The Kier molecular flexibility index (Phi) is 7.92. The van der Waals surface area contributed by atoms with Gasteiger partial charge in [0, 0.05) is 11.4 Å². The predicted octanol–water partition coefficient (Wildman–Crippen LogP) is 11.0. The minimum atomic E-state index is 0.0682. The fourth-order valence-corrected chi connectivity index (χ4v) is 4.47. The van der Waals surface area contributed by atoms with Crippen molar-refractivity contribution < 1.29 is 0 Å². The molecule has 2 heteroatoms. The van der Waals surface area contributed by atoms with Crippen LogP contribution in [0.3, 0.4) is 0 Å². The topological polar surface area (TPSA) is 24.1 Å². The number of hydrogen-bond donors (Lipinski definition) is 2. The number of nitrogens with one attached hydrogen (secondary N) is 2. The third kappa shape index (κ3) is 7.22. The first-order valence-electron chi connectivity index (χ1n) is 14.1. The molecule has 0 unspecified atom stereocenters. The predicted molar refractivity (Wildman–Crippen MR) is 170 cm³/mol. The molecule has 0 radical (unpaired) electrons. The number of hydrogen-bond acceptors (Lipinski definition) is 2. The molecule has 0 spiro atoms. The zero-order valence-corrected chi connectivity index (χ0v) is 26.6. The fraction of sp³-hybridized carbons (Fsp3) is 0.500. The largest absolute Gasteiger partial charge is 0.354 e. The Morgan fingerprint density at radius 2 is 0.605 bits per heavy atom. The highest BCUT2D eigenvalue weighted by molar-refractivity contribution is 5.80. The summed E-state index contributed by atoms with van der Waals surface area (Å²) in [6.45, 7) is 31.8. The van der Waals surface area contributed by atoms with Crippen LogP contribution in [-0.4, -0.2) is 0 Å². The smallest absolute Gasteiger partial charge is 0.0626 e. The molecule has 0 atom stereocenters. The molecule has 0 saturated heterocycles. The Morgan fingerprint density at radius 3 is 0.816 bits per heavy atom. The van der Waals surface area contributed by atoms with Gasteiger partial charge in [0.2, 0.25) is 0 Å². The van der Waals surface area contributed by atoms with Crippen LogP contribution in [-0.2, 0) is 21.7 Å². The van der Waals surface area contributed by atoms with Crippen molar-refractivity contribution in [3.05, 3.63) is 81.9 Å². The van der Waals surface area contributed by atoms with E-state index in [4.69, 9.17) is 0 Å². The summed E-state index contributed by atoms with van der Waals surface area (Å²) in [5.74, 6) is 0. The molecule has 0 fully saturated rings. The number of benzene rings is 3. The molecule has 3 aromatic carbocycles. The molecule has 0 aliphatic heterocycles. The van der Waals surface area contributed by atoms with Crippen LogP contribution < -0.4 is 10.6 Å². The summed E-state index contributed by atoms with van der Waals surface area (Å²) in [6, 6.07) is 18.5. The number of rotatable bonds is 4. The van der Waals surface area contributed by atoms with E-state index in [9.17, 15) is 0 Å². The van der Waals surface area contributed by atoms with Gasteiger partial charge in [0.15, 0.2) is 0 Å². The quantitative estimate of drug-likeness (QED) is 0.363. The van der Waals surface area contributed by atoms with Gasteiger partial charge in [-0.2, -0.15) is 0 Å². The lowest BCUT2D eigenvalue weighted by Crippen LogP contribution is -2.17. The molecule has 2 N–H and O–H groups in total. The molecule has 0 heterocycles. The molecule has 0 bridgehead atoms. The van der Waals surface area contributed by atoms with Crippen LogP contribution in [0.25, 0.3) is 0 Å². The van der Waals surface area contributed by atoms with Crippen LogP contribution in [0.2, 0.25) is 0 Å². The molecular formula is C36H52N2. The van der Waals surface area contributed by atoms with Crippen molar-refractivity contribution in [3.8, 4) is 0 Å². The maximum Gasteiger partial charge on any atom is 0.0626 e. The van der Waals surface area contributed by atoms with Crippen molar-refractivity contribution >= 4 is 22.7 Å². The normalized spacial score (nSPS) is 13.0. The van der Waals surface area contributed by atoms with Crippen molar-refractivity contribution in [2.24, 2.45) is 0 Å². The highest BCUT2D eigenvalue weighted by Crippen LogP contribution is 2.38. The summed E-state index contributed by atoms with van der Waals surface area (Å²) in [5.41, 5.74) is 12.7. The first-order valence-corrected chi connectivity index (χ1v) is 14.1. The van der Waals surface area contributed by atoms with Crippen LogP contribution in [0.4, 0.5) is 22.7 Å². The molecule has 2 nitrogen and oxygen atoms in total. The van der Waals surface area contributed by atoms with Crippen LogP contribution >= 0.6 is 0 Å². The van der Waals surface area contributed by atoms with Crippen LogP contribution in [0.1, 0.15) is 116 Å². The summed E-state index contributed by atoms with van der Waals surface area (Å²) in [7, 11) is 0. The van der Waals surface area contributed by atoms with Crippen LogP contribution in [0, 0.1) is 13.8 Å².